The molecule has 6 heteroatoms. The van der Waals surface area contributed by atoms with E-state index in [1.54, 1.807) is 4.57 Å². The van der Waals surface area contributed by atoms with Crippen LogP contribution in [0.15, 0.2) is 34.2 Å². The van der Waals surface area contributed by atoms with E-state index in [4.69, 9.17) is 4.98 Å². The summed E-state index contributed by atoms with van der Waals surface area (Å²) in [7, 11) is 0. The normalized spacial score (nSPS) is 25.3. The van der Waals surface area contributed by atoms with Gasteiger partial charge in [-0.15, -0.1) is 0 Å². The van der Waals surface area contributed by atoms with E-state index in [9.17, 15) is 9.59 Å². The SMILES string of the molecule is CC(C)Cn1c(SCC(=O)N2C[C@@]3(C)C[C@@H]2CC(C)(C)C3)nc2ccccc2c1=O. The average Bonchev–Trinajstić information content (AvgIpc) is 2.91. The number of para-hydroxylation sites is 1. The zero-order chi connectivity index (χ0) is 21.7. The maximum atomic E-state index is 13.2. The summed E-state index contributed by atoms with van der Waals surface area (Å²) in [6.45, 7) is 12.6. The lowest BCUT2D eigenvalue weighted by Crippen LogP contribution is -2.38. The molecule has 1 aliphatic heterocycles. The molecule has 1 amide bonds. The Morgan fingerprint density at radius 2 is 1.97 bits per heavy atom. The first kappa shape index (κ1) is 21.4. The van der Waals surface area contributed by atoms with E-state index < -0.39 is 0 Å². The Labute approximate surface area is 183 Å². The van der Waals surface area contributed by atoms with Gasteiger partial charge >= 0.3 is 0 Å². The number of aromatic nitrogens is 2. The molecule has 1 saturated heterocycles. The van der Waals surface area contributed by atoms with Gasteiger partial charge in [0.05, 0.1) is 16.7 Å². The number of likely N-dealkylation sites (tertiary alicyclic amines) is 1. The summed E-state index contributed by atoms with van der Waals surface area (Å²) in [6.07, 6.45) is 3.36. The number of hydrogen-bond acceptors (Lipinski definition) is 4. The average molecular weight is 428 g/mol. The van der Waals surface area contributed by atoms with E-state index >= 15 is 0 Å². The third-order valence-electron chi connectivity index (χ3n) is 6.43. The van der Waals surface area contributed by atoms with E-state index in [1.807, 2.05) is 24.3 Å². The number of rotatable bonds is 5. The lowest BCUT2D eigenvalue weighted by molar-refractivity contribution is -0.129. The van der Waals surface area contributed by atoms with Gasteiger partial charge in [0.2, 0.25) is 5.91 Å². The van der Waals surface area contributed by atoms with Gasteiger partial charge in [-0.2, -0.15) is 0 Å². The van der Waals surface area contributed by atoms with Crippen molar-refractivity contribution in [3.63, 3.8) is 0 Å². The Kier molecular flexibility index (Phi) is 5.50. The molecule has 2 bridgehead atoms. The molecule has 4 rings (SSSR count). The van der Waals surface area contributed by atoms with Crippen LogP contribution in [0.4, 0.5) is 0 Å². The van der Waals surface area contributed by atoms with Crippen LogP contribution in [0.3, 0.4) is 0 Å². The molecule has 2 aromatic rings. The predicted molar refractivity (Wildman–Crippen MR) is 123 cm³/mol. The zero-order valence-electron chi connectivity index (χ0n) is 18.8. The standard InChI is InChI=1S/C24H33N3O2S/c1-16(2)12-26-21(29)18-8-6-7-9-19(18)25-22(26)30-13-20(28)27-15-24(5)11-17(27)10-23(3,4)14-24/h6-9,16-17H,10-15H2,1-5H3/t17-,24-/m0/s1. The van der Waals surface area contributed by atoms with Crippen LogP contribution in [0.5, 0.6) is 0 Å². The van der Waals surface area contributed by atoms with Crippen LogP contribution in [0.25, 0.3) is 10.9 Å². The van der Waals surface area contributed by atoms with Crippen molar-refractivity contribution in [3.05, 3.63) is 34.6 Å². The minimum Gasteiger partial charge on any atom is -0.338 e. The van der Waals surface area contributed by atoms with Crippen molar-refractivity contribution in [2.24, 2.45) is 16.7 Å². The highest BCUT2D eigenvalue weighted by Gasteiger charge is 2.50. The van der Waals surface area contributed by atoms with Crippen LogP contribution in [-0.4, -0.2) is 38.7 Å². The summed E-state index contributed by atoms with van der Waals surface area (Å²) in [5.41, 5.74) is 1.20. The summed E-state index contributed by atoms with van der Waals surface area (Å²) in [5.74, 6) is 0.821. The summed E-state index contributed by atoms with van der Waals surface area (Å²) in [5, 5.41) is 1.28. The Hall–Kier alpha value is -1.82. The first-order chi connectivity index (χ1) is 14.1. The van der Waals surface area contributed by atoms with Gasteiger partial charge in [0.1, 0.15) is 0 Å². The fourth-order valence-electron chi connectivity index (χ4n) is 5.74. The fourth-order valence-corrected chi connectivity index (χ4v) is 6.64. The summed E-state index contributed by atoms with van der Waals surface area (Å²) < 4.78 is 1.75. The molecule has 2 atom stereocenters. The molecule has 2 heterocycles. The van der Waals surface area contributed by atoms with Crippen molar-refractivity contribution >= 4 is 28.6 Å². The number of thioether (sulfide) groups is 1. The van der Waals surface area contributed by atoms with E-state index in [-0.39, 0.29) is 22.3 Å². The van der Waals surface area contributed by atoms with Gasteiger partial charge in [-0.05, 0) is 48.1 Å². The van der Waals surface area contributed by atoms with Crippen molar-refractivity contribution in [2.45, 2.75) is 71.6 Å². The molecule has 1 aromatic heterocycles. The highest BCUT2D eigenvalue weighted by atomic mass is 32.2. The third kappa shape index (κ3) is 4.16. The molecule has 0 radical (unpaired) electrons. The van der Waals surface area contributed by atoms with E-state index in [1.165, 1.54) is 18.2 Å². The lowest BCUT2D eigenvalue weighted by atomic mass is 9.65. The topological polar surface area (TPSA) is 55.2 Å². The van der Waals surface area contributed by atoms with E-state index in [0.29, 0.717) is 40.3 Å². The number of carbonyl (C=O) groups excluding carboxylic acids is 1. The maximum absolute atomic E-state index is 13.2. The van der Waals surface area contributed by atoms with Crippen LogP contribution in [-0.2, 0) is 11.3 Å². The molecule has 162 valence electrons. The molecule has 2 fully saturated rings. The second kappa shape index (κ2) is 7.70. The minimum atomic E-state index is -0.0180. The smallest absolute Gasteiger partial charge is 0.262 e. The molecule has 2 aliphatic rings. The highest BCUT2D eigenvalue weighted by Crippen LogP contribution is 2.52. The molecule has 1 aliphatic carbocycles. The van der Waals surface area contributed by atoms with Gasteiger partial charge in [-0.3, -0.25) is 14.2 Å². The van der Waals surface area contributed by atoms with Crippen molar-refractivity contribution in [2.75, 3.05) is 12.3 Å². The summed E-state index contributed by atoms with van der Waals surface area (Å²) in [6, 6.07) is 7.81. The molecule has 0 unspecified atom stereocenters. The van der Waals surface area contributed by atoms with Crippen molar-refractivity contribution in [1.29, 1.82) is 0 Å². The van der Waals surface area contributed by atoms with Crippen LogP contribution in [0.1, 0.15) is 53.9 Å². The number of hydrogen-bond donors (Lipinski definition) is 0. The molecule has 0 N–H and O–H groups in total. The lowest BCUT2D eigenvalue weighted by Gasteiger charge is -2.39. The first-order valence-electron chi connectivity index (χ1n) is 11.0. The van der Waals surface area contributed by atoms with Crippen LogP contribution < -0.4 is 5.56 Å². The Morgan fingerprint density at radius 1 is 1.23 bits per heavy atom. The molecule has 0 spiro atoms. The van der Waals surface area contributed by atoms with Gasteiger partial charge in [-0.25, -0.2) is 4.98 Å². The largest absolute Gasteiger partial charge is 0.338 e. The van der Waals surface area contributed by atoms with Gasteiger partial charge in [-0.1, -0.05) is 58.5 Å². The number of carbonyl (C=O) groups is 1. The molecule has 1 saturated carbocycles. The third-order valence-corrected chi connectivity index (χ3v) is 7.40. The molecule has 5 nitrogen and oxygen atoms in total. The second-order valence-electron chi connectivity index (χ2n) is 10.7. The van der Waals surface area contributed by atoms with Crippen molar-refractivity contribution in [3.8, 4) is 0 Å². The highest BCUT2D eigenvalue weighted by molar-refractivity contribution is 7.99. The Bertz CT molecular complexity index is 1030. The maximum Gasteiger partial charge on any atom is 0.262 e. The fraction of sp³-hybridized carbons (Fsp3) is 0.625. The Morgan fingerprint density at radius 3 is 2.70 bits per heavy atom. The van der Waals surface area contributed by atoms with E-state index in [0.717, 1.165) is 19.4 Å². The van der Waals surface area contributed by atoms with Gasteiger partial charge in [0.15, 0.2) is 5.16 Å². The van der Waals surface area contributed by atoms with E-state index in [2.05, 4.69) is 39.5 Å². The molecular formula is C24H33N3O2S. The minimum absolute atomic E-state index is 0.0180. The molecule has 1 aromatic carbocycles. The van der Waals surface area contributed by atoms with Crippen molar-refractivity contribution in [1.82, 2.24) is 14.5 Å². The number of nitrogens with zero attached hydrogens (tertiary/aromatic N) is 3. The molecule has 30 heavy (non-hydrogen) atoms. The number of amides is 1. The summed E-state index contributed by atoms with van der Waals surface area (Å²) >= 11 is 1.41. The van der Waals surface area contributed by atoms with Gasteiger partial charge in [0, 0.05) is 19.1 Å². The van der Waals surface area contributed by atoms with Crippen LogP contribution in [0.2, 0.25) is 0 Å². The van der Waals surface area contributed by atoms with Crippen molar-refractivity contribution < 1.29 is 4.79 Å². The van der Waals surface area contributed by atoms with Crippen LogP contribution in [0, 0.1) is 16.7 Å². The number of benzene rings is 1. The second-order valence-corrected chi connectivity index (χ2v) is 11.7. The summed E-state index contributed by atoms with van der Waals surface area (Å²) in [4.78, 5) is 33.1. The zero-order valence-corrected chi connectivity index (χ0v) is 19.6. The predicted octanol–water partition coefficient (Wildman–Crippen LogP) is 4.57. The first-order valence-corrected chi connectivity index (χ1v) is 12.0. The van der Waals surface area contributed by atoms with Gasteiger partial charge in [0.25, 0.3) is 5.56 Å². The Balaban J connectivity index is 1.56. The quantitative estimate of drug-likeness (QED) is 0.518. The monoisotopic (exact) mass is 427 g/mol. The van der Waals surface area contributed by atoms with Crippen LogP contribution >= 0.6 is 11.8 Å². The number of fused-ring (bicyclic) bond motifs is 3. The molecular weight excluding hydrogens is 394 g/mol. The van der Waals surface area contributed by atoms with Gasteiger partial charge < -0.3 is 4.90 Å².